The Bertz CT molecular complexity index is 261. The van der Waals surface area contributed by atoms with Crippen LogP contribution in [0.4, 0.5) is 0 Å². The normalized spacial score (nSPS) is 16.7. The molecule has 0 aliphatic heterocycles. The molecule has 1 amide bonds. The van der Waals surface area contributed by atoms with Crippen molar-refractivity contribution in [3.8, 4) is 6.19 Å². The molecule has 1 aliphatic rings. The van der Waals surface area contributed by atoms with Crippen LogP contribution < -0.4 is 0 Å². The first-order valence-electron chi connectivity index (χ1n) is 5.61. The van der Waals surface area contributed by atoms with E-state index in [1.807, 2.05) is 6.19 Å². The van der Waals surface area contributed by atoms with E-state index in [4.69, 9.17) is 5.26 Å². The number of carbonyl (C=O) groups excluding carboxylic acids is 1. The highest BCUT2D eigenvalue weighted by atomic mass is 16.2. The van der Waals surface area contributed by atoms with Crippen LogP contribution in [-0.2, 0) is 4.79 Å². The van der Waals surface area contributed by atoms with Gasteiger partial charge in [-0.25, -0.2) is 4.90 Å². The molecule has 0 spiro atoms. The summed E-state index contributed by atoms with van der Waals surface area (Å²) in [5.74, 6) is 0.0993. The van der Waals surface area contributed by atoms with Crippen molar-refractivity contribution in [3.05, 3.63) is 12.7 Å². The highest BCUT2D eigenvalue weighted by molar-refractivity contribution is 5.80. The molecule has 3 nitrogen and oxygen atoms in total. The standard InChI is InChI=1S/C12H18N2O/c1-2-3-9-14(10-13)12(15)11-7-5-4-6-8-11/h2,11H,1,3-9H2. The van der Waals surface area contributed by atoms with Crippen LogP contribution in [0, 0.1) is 17.4 Å². The minimum absolute atomic E-state index is 0.0130. The lowest BCUT2D eigenvalue weighted by Crippen LogP contribution is -2.34. The van der Waals surface area contributed by atoms with Crippen LogP contribution in [-0.4, -0.2) is 17.4 Å². The summed E-state index contributed by atoms with van der Waals surface area (Å²) in [5.41, 5.74) is 0. The highest BCUT2D eigenvalue weighted by Crippen LogP contribution is 2.25. The van der Waals surface area contributed by atoms with Gasteiger partial charge in [0, 0.05) is 12.5 Å². The summed E-state index contributed by atoms with van der Waals surface area (Å²) in [6.07, 6.45) is 9.76. The van der Waals surface area contributed by atoms with Crippen molar-refractivity contribution < 1.29 is 4.79 Å². The minimum atomic E-state index is 0.0130. The molecule has 0 aromatic carbocycles. The van der Waals surface area contributed by atoms with Gasteiger partial charge in [0.1, 0.15) is 0 Å². The Balaban J connectivity index is 2.48. The average Bonchev–Trinajstić information content (AvgIpc) is 2.31. The van der Waals surface area contributed by atoms with Crippen molar-refractivity contribution in [1.82, 2.24) is 4.90 Å². The van der Waals surface area contributed by atoms with Crippen molar-refractivity contribution in [2.24, 2.45) is 5.92 Å². The summed E-state index contributed by atoms with van der Waals surface area (Å²) in [4.78, 5) is 13.2. The lowest BCUT2D eigenvalue weighted by atomic mass is 9.88. The average molecular weight is 206 g/mol. The van der Waals surface area contributed by atoms with E-state index in [9.17, 15) is 4.79 Å². The summed E-state index contributed by atoms with van der Waals surface area (Å²) in [6.45, 7) is 4.07. The molecular weight excluding hydrogens is 188 g/mol. The zero-order valence-corrected chi connectivity index (χ0v) is 9.11. The van der Waals surface area contributed by atoms with Crippen molar-refractivity contribution in [2.75, 3.05) is 6.54 Å². The highest BCUT2D eigenvalue weighted by Gasteiger charge is 2.25. The molecule has 3 heteroatoms. The second kappa shape index (κ2) is 6.23. The smallest absolute Gasteiger partial charge is 0.238 e. The fourth-order valence-corrected chi connectivity index (χ4v) is 2.00. The molecule has 15 heavy (non-hydrogen) atoms. The van der Waals surface area contributed by atoms with Crippen molar-refractivity contribution in [2.45, 2.75) is 38.5 Å². The van der Waals surface area contributed by atoms with E-state index in [1.165, 1.54) is 11.3 Å². The predicted octanol–water partition coefficient (Wildman–Crippen LogP) is 2.45. The van der Waals surface area contributed by atoms with Gasteiger partial charge in [-0.2, -0.15) is 5.26 Å². The molecule has 1 fully saturated rings. The molecule has 0 bridgehead atoms. The van der Waals surface area contributed by atoms with E-state index < -0.39 is 0 Å². The topological polar surface area (TPSA) is 44.1 Å². The quantitative estimate of drug-likeness (QED) is 0.403. The van der Waals surface area contributed by atoms with Crippen LogP contribution in [0.5, 0.6) is 0 Å². The molecule has 0 N–H and O–H groups in total. The molecule has 0 heterocycles. The van der Waals surface area contributed by atoms with E-state index in [-0.39, 0.29) is 11.8 Å². The molecule has 0 unspecified atom stereocenters. The van der Waals surface area contributed by atoms with E-state index in [2.05, 4.69) is 6.58 Å². The lowest BCUT2D eigenvalue weighted by Gasteiger charge is -2.24. The fourth-order valence-electron chi connectivity index (χ4n) is 2.00. The number of hydrogen-bond acceptors (Lipinski definition) is 2. The van der Waals surface area contributed by atoms with Gasteiger partial charge < -0.3 is 0 Å². The van der Waals surface area contributed by atoms with Crippen LogP contribution in [0.1, 0.15) is 38.5 Å². The number of nitrogens with zero attached hydrogens (tertiary/aromatic N) is 2. The van der Waals surface area contributed by atoms with Gasteiger partial charge in [0.05, 0.1) is 0 Å². The maximum absolute atomic E-state index is 11.9. The van der Waals surface area contributed by atoms with Gasteiger partial charge in [-0.15, -0.1) is 6.58 Å². The Morgan fingerprint density at radius 3 is 2.67 bits per heavy atom. The Labute approximate surface area is 91.4 Å². The fraction of sp³-hybridized carbons (Fsp3) is 0.667. The molecule has 0 aromatic rings. The zero-order chi connectivity index (χ0) is 11.1. The first kappa shape index (κ1) is 11.8. The van der Waals surface area contributed by atoms with Crippen LogP contribution in [0.25, 0.3) is 0 Å². The summed E-state index contributed by atoms with van der Waals surface area (Å²) in [7, 11) is 0. The summed E-state index contributed by atoms with van der Waals surface area (Å²) < 4.78 is 0. The molecule has 0 saturated heterocycles. The number of hydrogen-bond donors (Lipinski definition) is 0. The number of amides is 1. The van der Waals surface area contributed by atoms with Crippen LogP contribution >= 0.6 is 0 Å². The molecule has 1 saturated carbocycles. The minimum Gasteiger partial charge on any atom is -0.273 e. The monoisotopic (exact) mass is 206 g/mol. The second-order valence-electron chi connectivity index (χ2n) is 4.00. The molecule has 1 aliphatic carbocycles. The number of rotatable bonds is 4. The van der Waals surface area contributed by atoms with E-state index in [1.54, 1.807) is 6.08 Å². The lowest BCUT2D eigenvalue weighted by molar-refractivity contribution is -0.133. The first-order valence-corrected chi connectivity index (χ1v) is 5.61. The van der Waals surface area contributed by atoms with Gasteiger partial charge in [0.15, 0.2) is 6.19 Å². The molecule has 82 valence electrons. The number of nitriles is 1. The Hall–Kier alpha value is -1.30. The van der Waals surface area contributed by atoms with Crippen molar-refractivity contribution in [1.29, 1.82) is 5.26 Å². The van der Waals surface area contributed by atoms with Gasteiger partial charge in [0.2, 0.25) is 5.91 Å². The summed E-state index contributed by atoms with van der Waals surface area (Å²) >= 11 is 0. The second-order valence-corrected chi connectivity index (χ2v) is 4.00. The van der Waals surface area contributed by atoms with Crippen molar-refractivity contribution >= 4 is 5.91 Å². The molecule has 0 atom stereocenters. The van der Waals surface area contributed by atoms with Gasteiger partial charge in [0.25, 0.3) is 0 Å². The van der Waals surface area contributed by atoms with Crippen LogP contribution in [0.2, 0.25) is 0 Å². The number of carbonyl (C=O) groups is 1. The van der Waals surface area contributed by atoms with Gasteiger partial charge in [-0.3, -0.25) is 4.79 Å². The van der Waals surface area contributed by atoms with Crippen LogP contribution in [0.3, 0.4) is 0 Å². The molecule has 0 radical (unpaired) electrons. The van der Waals surface area contributed by atoms with Gasteiger partial charge in [-0.1, -0.05) is 25.3 Å². The molecule has 1 rings (SSSR count). The predicted molar refractivity (Wildman–Crippen MR) is 58.7 cm³/mol. The Morgan fingerprint density at radius 2 is 2.13 bits per heavy atom. The molecular formula is C12H18N2O. The maximum atomic E-state index is 11.9. The van der Waals surface area contributed by atoms with E-state index in [0.29, 0.717) is 13.0 Å². The SMILES string of the molecule is C=CCCN(C#N)C(=O)C1CCCCC1. The Kier molecular flexibility index (Phi) is 4.89. The largest absolute Gasteiger partial charge is 0.273 e. The van der Waals surface area contributed by atoms with Gasteiger partial charge in [-0.05, 0) is 19.3 Å². The summed E-state index contributed by atoms with van der Waals surface area (Å²) in [6, 6.07) is 0. The van der Waals surface area contributed by atoms with E-state index >= 15 is 0 Å². The zero-order valence-electron chi connectivity index (χ0n) is 9.11. The van der Waals surface area contributed by atoms with E-state index in [0.717, 1.165) is 25.7 Å². The molecule has 0 aromatic heterocycles. The summed E-state index contributed by atoms with van der Waals surface area (Å²) in [5, 5.41) is 8.87. The van der Waals surface area contributed by atoms with Crippen molar-refractivity contribution in [3.63, 3.8) is 0 Å². The first-order chi connectivity index (χ1) is 7.29. The Morgan fingerprint density at radius 1 is 1.47 bits per heavy atom. The van der Waals surface area contributed by atoms with Gasteiger partial charge >= 0.3 is 0 Å². The maximum Gasteiger partial charge on any atom is 0.238 e. The van der Waals surface area contributed by atoms with Crippen LogP contribution in [0.15, 0.2) is 12.7 Å². The third-order valence-corrected chi connectivity index (χ3v) is 2.90. The third-order valence-electron chi connectivity index (χ3n) is 2.90. The third kappa shape index (κ3) is 3.39.